The number of aryl methyl sites for hydroxylation is 1. The van der Waals surface area contributed by atoms with Crippen molar-refractivity contribution in [2.45, 2.75) is 32.6 Å². The van der Waals surface area contributed by atoms with E-state index in [1.165, 1.54) is 17.7 Å². The number of carbonyl (C=O) groups excluding carboxylic acids is 1. The minimum atomic E-state index is -0.319. The predicted molar refractivity (Wildman–Crippen MR) is 87.1 cm³/mol. The molecule has 0 atom stereocenters. The summed E-state index contributed by atoms with van der Waals surface area (Å²) in [6.45, 7) is 2.25. The maximum absolute atomic E-state index is 13.1. The molecule has 0 aliphatic heterocycles. The van der Waals surface area contributed by atoms with E-state index in [2.05, 4.69) is 0 Å². The molecule has 0 aliphatic rings. The average Bonchev–Trinajstić information content (AvgIpc) is 2.53. The highest BCUT2D eigenvalue weighted by atomic mass is 19.1. The highest BCUT2D eigenvalue weighted by molar-refractivity contribution is 5.69. The highest BCUT2D eigenvalue weighted by Crippen LogP contribution is 2.22. The molecule has 0 spiro atoms. The number of halogens is 1. The standard InChI is InChI=1S/C19H21FO3/c1-2-22-19(21)9-4-3-6-15-10-12-17(13-11-15)23-18-8-5-7-16(20)14-18/h5,7-8,10-14H,2-4,6,9H2,1H3. The minimum absolute atomic E-state index is 0.133. The Labute approximate surface area is 136 Å². The van der Waals surface area contributed by atoms with Crippen LogP contribution in [0.3, 0.4) is 0 Å². The lowest BCUT2D eigenvalue weighted by molar-refractivity contribution is -0.143. The number of hydrogen-bond donors (Lipinski definition) is 0. The Balaban J connectivity index is 1.77. The molecular formula is C19H21FO3. The fourth-order valence-corrected chi connectivity index (χ4v) is 2.22. The predicted octanol–water partition coefficient (Wildman–Crippen LogP) is 4.89. The smallest absolute Gasteiger partial charge is 0.305 e. The molecule has 3 nitrogen and oxygen atoms in total. The van der Waals surface area contributed by atoms with E-state index < -0.39 is 0 Å². The van der Waals surface area contributed by atoms with Gasteiger partial charge in [0.25, 0.3) is 0 Å². The van der Waals surface area contributed by atoms with E-state index in [0.29, 0.717) is 24.5 Å². The first-order valence-electron chi connectivity index (χ1n) is 7.85. The molecule has 0 unspecified atom stereocenters. The third-order valence-corrected chi connectivity index (χ3v) is 3.36. The Morgan fingerprint density at radius 2 is 1.83 bits per heavy atom. The van der Waals surface area contributed by atoms with E-state index in [-0.39, 0.29) is 11.8 Å². The van der Waals surface area contributed by atoms with Gasteiger partial charge in [-0.2, -0.15) is 0 Å². The third-order valence-electron chi connectivity index (χ3n) is 3.36. The van der Waals surface area contributed by atoms with Crippen molar-refractivity contribution in [3.05, 3.63) is 59.9 Å². The van der Waals surface area contributed by atoms with Crippen molar-refractivity contribution in [3.8, 4) is 11.5 Å². The molecule has 0 radical (unpaired) electrons. The first-order valence-corrected chi connectivity index (χ1v) is 7.85. The summed E-state index contributed by atoms with van der Waals surface area (Å²) in [5, 5.41) is 0. The molecule has 0 fully saturated rings. The van der Waals surface area contributed by atoms with Gasteiger partial charge in [0.2, 0.25) is 0 Å². The van der Waals surface area contributed by atoms with Crippen molar-refractivity contribution >= 4 is 5.97 Å². The van der Waals surface area contributed by atoms with E-state index in [0.717, 1.165) is 19.3 Å². The largest absolute Gasteiger partial charge is 0.466 e. The molecule has 122 valence electrons. The van der Waals surface area contributed by atoms with Gasteiger partial charge in [0, 0.05) is 12.5 Å². The minimum Gasteiger partial charge on any atom is -0.466 e. The number of rotatable bonds is 8. The lowest BCUT2D eigenvalue weighted by atomic mass is 10.1. The van der Waals surface area contributed by atoms with E-state index in [1.54, 1.807) is 12.1 Å². The van der Waals surface area contributed by atoms with Crippen molar-refractivity contribution in [2.75, 3.05) is 6.61 Å². The monoisotopic (exact) mass is 316 g/mol. The molecule has 23 heavy (non-hydrogen) atoms. The van der Waals surface area contributed by atoms with Crippen molar-refractivity contribution < 1.29 is 18.7 Å². The van der Waals surface area contributed by atoms with E-state index in [4.69, 9.17) is 9.47 Å². The molecule has 4 heteroatoms. The van der Waals surface area contributed by atoms with Crippen molar-refractivity contribution in [1.29, 1.82) is 0 Å². The molecule has 2 rings (SSSR count). The fourth-order valence-electron chi connectivity index (χ4n) is 2.22. The Hall–Kier alpha value is -2.36. The number of unbranched alkanes of at least 4 members (excludes halogenated alkanes) is 1. The van der Waals surface area contributed by atoms with Crippen LogP contribution in [0.4, 0.5) is 4.39 Å². The second kappa shape index (κ2) is 8.93. The summed E-state index contributed by atoms with van der Waals surface area (Å²) in [6.07, 6.45) is 3.12. The van der Waals surface area contributed by atoms with Gasteiger partial charge in [-0.15, -0.1) is 0 Å². The maximum atomic E-state index is 13.1. The van der Waals surface area contributed by atoms with Crippen molar-refractivity contribution in [3.63, 3.8) is 0 Å². The molecular weight excluding hydrogens is 295 g/mol. The molecule has 0 bridgehead atoms. The van der Waals surface area contributed by atoms with Gasteiger partial charge in [-0.1, -0.05) is 18.2 Å². The van der Waals surface area contributed by atoms with Crippen LogP contribution in [-0.2, 0) is 16.0 Å². The number of esters is 1. The molecule has 0 N–H and O–H groups in total. The Morgan fingerprint density at radius 1 is 1.04 bits per heavy atom. The summed E-state index contributed by atoms with van der Waals surface area (Å²) in [4.78, 5) is 11.2. The molecule has 0 aromatic heterocycles. The zero-order chi connectivity index (χ0) is 16.5. The van der Waals surface area contributed by atoms with Crippen LogP contribution < -0.4 is 4.74 Å². The van der Waals surface area contributed by atoms with Crippen LogP contribution in [0, 0.1) is 5.82 Å². The summed E-state index contributed by atoms with van der Waals surface area (Å²) >= 11 is 0. The van der Waals surface area contributed by atoms with Crippen LogP contribution >= 0.6 is 0 Å². The van der Waals surface area contributed by atoms with Gasteiger partial charge in [0.1, 0.15) is 17.3 Å². The van der Waals surface area contributed by atoms with Crippen LogP contribution in [0.5, 0.6) is 11.5 Å². The molecule has 0 amide bonds. The van der Waals surface area contributed by atoms with Gasteiger partial charge in [-0.3, -0.25) is 4.79 Å². The average molecular weight is 316 g/mol. The molecule has 2 aromatic rings. The Kier molecular flexibility index (Phi) is 6.60. The van der Waals surface area contributed by atoms with Crippen LogP contribution in [0.15, 0.2) is 48.5 Å². The number of benzene rings is 2. The molecule has 0 aliphatic carbocycles. The summed E-state index contributed by atoms with van der Waals surface area (Å²) in [5.41, 5.74) is 1.18. The Morgan fingerprint density at radius 3 is 2.52 bits per heavy atom. The summed E-state index contributed by atoms with van der Waals surface area (Å²) < 4.78 is 23.6. The van der Waals surface area contributed by atoms with Gasteiger partial charge in [0.15, 0.2) is 0 Å². The maximum Gasteiger partial charge on any atom is 0.305 e. The topological polar surface area (TPSA) is 35.5 Å². The second-order valence-corrected chi connectivity index (χ2v) is 5.22. The first-order chi connectivity index (χ1) is 11.2. The van der Waals surface area contributed by atoms with E-state index in [9.17, 15) is 9.18 Å². The van der Waals surface area contributed by atoms with Crippen LogP contribution in [-0.4, -0.2) is 12.6 Å². The fraction of sp³-hybridized carbons (Fsp3) is 0.316. The lowest BCUT2D eigenvalue weighted by Crippen LogP contribution is -2.03. The van der Waals surface area contributed by atoms with Gasteiger partial charge < -0.3 is 9.47 Å². The van der Waals surface area contributed by atoms with Crippen LogP contribution in [0.2, 0.25) is 0 Å². The molecule has 0 saturated heterocycles. The SMILES string of the molecule is CCOC(=O)CCCCc1ccc(Oc2cccc(F)c2)cc1. The summed E-state index contributed by atoms with van der Waals surface area (Å²) in [7, 11) is 0. The van der Waals surface area contributed by atoms with Crippen LogP contribution in [0.1, 0.15) is 31.7 Å². The van der Waals surface area contributed by atoms with E-state index >= 15 is 0 Å². The third kappa shape index (κ3) is 6.10. The number of carbonyl (C=O) groups is 1. The first kappa shape index (κ1) is 17.0. The molecule has 0 heterocycles. The summed E-state index contributed by atoms with van der Waals surface area (Å²) in [5.74, 6) is 0.699. The number of ether oxygens (including phenoxy) is 2. The molecule has 2 aromatic carbocycles. The quantitative estimate of drug-likeness (QED) is 0.513. The van der Waals surface area contributed by atoms with E-state index in [1.807, 2.05) is 31.2 Å². The summed E-state index contributed by atoms with van der Waals surface area (Å²) in [6, 6.07) is 13.8. The zero-order valence-corrected chi connectivity index (χ0v) is 13.3. The second-order valence-electron chi connectivity index (χ2n) is 5.22. The van der Waals surface area contributed by atoms with Gasteiger partial charge in [0.05, 0.1) is 6.61 Å². The Bertz CT molecular complexity index is 623. The van der Waals surface area contributed by atoms with Crippen molar-refractivity contribution in [2.24, 2.45) is 0 Å². The molecule has 0 saturated carbocycles. The normalized spacial score (nSPS) is 10.3. The van der Waals surface area contributed by atoms with Gasteiger partial charge >= 0.3 is 5.97 Å². The van der Waals surface area contributed by atoms with Gasteiger partial charge in [-0.05, 0) is 56.0 Å². The zero-order valence-electron chi connectivity index (χ0n) is 13.3. The van der Waals surface area contributed by atoms with Crippen molar-refractivity contribution in [1.82, 2.24) is 0 Å². The van der Waals surface area contributed by atoms with Gasteiger partial charge in [-0.25, -0.2) is 4.39 Å². The van der Waals surface area contributed by atoms with Crippen LogP contribution in [0.25, 0.3) is 0 Å². The highest BCUT2D eigenvalue weighted by Gasteiger charge is 2.02. The lowest BCUT2D eigenvalue weighted by Gasteiger charge is -2.07. The number of hydrogen-bond acceptors (Lipinski definition) is 3.